The largest absolute Gasteiger partial charge is 0.313 e. The van der Waals surface area contributed by atoms with Crippen LogP contribution >= 0.6 is 0 Å². The molecule has 19 heavy (non-hydrogen) atoms. The van der Waals surface area contributed by atoms with Gasteiger partial charge in [0.25, 0.3) is 0 Å². The Kier molecular flexibility index (Phi) is 4.22. The van der Waals surface area contributed by atoms with Crippen molar-refractivity contribution in [1.29, 1.82) is 0 Å². The lowest BCUT2D eigenvalue weighted by Crippen LogP contribution is -2.12. The molecule has 100 valence electrons. The zero-order chi connectivity index (χ0) is 13.8. The van der Waals surface area contributed by atoms with E-state index in [2.05, 4.69) is 5.32 Å². The van der Waals surface area contributed by atoms with Gasteiger partial charge in [0, 0.05) is 12.6 Å². The van der Waals surface area contributed by atoms with Gasteiger partial charge in [-0.15, -0.1) is 0 Å². The summed E-state index contributed by atoms with van der Waals surface area (Å²) in [6.45, 7) is 3.23. The lowest BCUT2D eigenvalue weighted by molar-refractivity contribution is 0.584. The Bertz CT molecular complexity index is 561. The van der Waals surface area contributed by atoms with Gasteiger partial charge in [-0.25, -0.2) is 13.2 Å². The zero-order valence-corrected chi connectivity index (χ0v) is 10.5. The molecule has 0 spiro atoms. The Balaban J connectivity index is 2.49. The predicted octanol–water partition coefficient (Wildman–Crippen LogP) is 3.88. The molecule has 2 aromatic carbocycles. The molecule has 0 radical (unpaired) electrons. The van der Waals surface area contributed by atoms with Crippen LogP contribution in [0.4, 0.5) is 13.2 Å². The Morgan fingerprint density at radius 1 is 0.895 bits per heavy atom. The molecule has 4 heteroatoms. The second kappa shape index (κ2) is 5.89. The molecule has 2 rings (SSSR count). The van der Waals surface area contributed by atoms with Crippen LogP contribution in [-0.2, 0) is 6.54 Å². The monoisotopic (exact) mass is 265 g/mol. The summed E-state index contributed by atoms with van der Waals surface area (Å²) < 4.78 is 39.8. The van der Waals surface area contributed by atoms with Gasteiger partial charge in [0.15, 0.2) is 0 Å². The molecule has 0 bridgehead atoms. The fourth-order valence-electron chi connectivity index (χ4n) is 1.94. The molecule has 0 fully saturated rings. The van der Waals surface area contributed by atoms with Gasteiger partial charge in [-0.2, -0.15) is 0 Å². The number of benzene rings is 2. The van der Waals surface area contributed by atoms with Gasteiger partial charge in [-0.1, -0.05) is 13.0 Å². The van der Waals surface area contributed by atoms with Crippen LogP contribution in [0.15, 0.2) is 36.4 Å². The van der Waals surface area contributed by atoms with E-state index in [1.54, 1.807) is 6.07 Å². The van der Waals surface area contributed by atoms with Crippen LogP contribution in [0.3, 0.4) is 0 Å². The third kappa shape index (κ3) is 3.35. The number of halogens is 3. The number of hydrogen-bond acceptors (Lipinski definition) is 1. The van der Waals surface area contributed by atoms with Crippen molar-refractivity contribution in [3.63, 3.8) is 0 Å². The minimum atomic E-state index is -0.673. The molecule has 0 unspecified atom stereocenters. The highest BCUT2D eigenvalue weighted by Crippen LogP contribution is 2.26. The minimum absolute atomic E-state index is 0.338. The summed E-state index contributed by atoms with van der Waals surface area (Å²) in [4.78, 5) is 0. The summed E-state index contributed by atoms with van der Waals surface area (Å²) in [5.74, 6) is -1.78. The molecule has 1 N–H and O–H groups in total. The second-order valence-electron chi connectivity index (χ2n) is 4.24. The van der Waals surface area contributed by atoms with Crippen LogP contribution in [0, 0.1) is 17.5 Å². The molecule has 1 nitrogen and oxygen atoms in total. The highest BCUT2D eigenvalue weighted by atomic mass is 19.1. The first-order valence-corrected chi connectivity index (χ1v) is 6.05. The molecular formula is C15H14F3N. The SMILES string of the molecule is CCNCc1ccc(F)cc1-c1cc(F)cc(F)c1. The third-order valence-corrected chi connectivity index (χ3v) is 2.81. The van der Waals surface area contributed by atoms with E-state index in [0.29, 0.717) is 17.7 Å². The van der Waals surface area contributed by atoms with Gasteiger partial charge in [0.1, 0.15) is 17.5 Å². The first-order chi connectivity index (χ1) is 9.10. The molecule has 0 heterocycles. The van der Waals surface area contributed by atoms with E-state index in [1.165, 1.54) is 24.3 Å². The lowest BCUT2D eigenvalue weighted by atomic mass is 9.99. The van der Waals surface area contributed by atoms with Gasteiger partial charge in [0.2, 0.25) is 0 Å². The second-order valence-corrected chi connectivity index (χ2v) is 4.24. The Labute approximate surface area is 110 Å². The maximum absolute atomic E-state index is 13.3. The summed E-state index contributed by atoms with van der Waals surface area (Å²) in [6, 6.07) is 7.45. The molecule has 0 saturated carbocycles. The van der Waals surface area contributed by atoms with Crippen molar-refractivity contribution in [2.45, 2.75) is 13.5 Å². The van der Waals surface area contributed by atoms with Gasteiger partial charge in [-0.05, 0) is 47.5 Å². The number of rotatable bonds is 4. The van der Waals surface area contributed by atoms with Crippen molar-refractivity contribution in [1.82, 2.24) is 5.32 Å². The van der Waals surface area contributed by atoms with Gasteiger partial charge in [-0.3, -0.25) is 0 Å². The summed E-state index contributed by atoms with van der Waals surface area (Å²) in [5.41, 5.74) is 1.64. The van der Waals surface area contributed by atoms with Crippen LogP contribution in [0.5, 0.6) is 0 Å². The van der Waals surface area contributed by atoms with E-state index in [9.17, 15) is 13.2 Å². The fourth-order valence-corrected chi connectivity index (χ4v) is 1.94. The molecule has 0 aromatic heterocycles. The summed E-state index contributed by atoms with van der Waals surface area (Å²) in [6.07, 6.45) is 0. The standard InChI is InChI=1S/C15H14F3N/c1-2-19-9-10-3-4-12(16)8-15(10)11-5-13(17)7-14(18)6-11/h3-8,19H,2,9H2,1H3. The molecule has 0 aliphatic heterocycles. The normalized spacial score (nSPS) is 10.7. The molecule has 0 saturated heterocycles. The third-order valence-electron chi connectivity index (χ3n) is 2.81. The first-order valence-electron chi connectivity index (χ1n) is 6.05. The molecule has 2 aromatic rings. The molecule has 0 aliphatic rings. The van der Waals surface area contributed by atoms with Crippen LogP contribution < -0.4 is 5.32 Å². The smallest absolute Gasteiger partial charge is 0.126 e. The summed E-state index contributed by atoms with van der Waals surface area (Å²) in [7, 11) is 0. The van der Waals surface area contributed by atoms with E-state index in [4.69, 9.17) is 0 Å². The van der Waals surface area contributed by atoms with Crippen molar-refractivity contribution in [3.05, 3.63) is 59.4 Å². The fraction of sp³-hybridized carbons (Fsp3) is 0.200. The van der Waals surface area contributed by atoms with Crippen LogP contribution in [0.1, 0.15) is 12.5 Å². The molecule has 0 amide bonds. The predicted molar refractivity (Wildman–Crippen MR) is 69.1 cm³/mol. The highest BCUT2D eigenvalue weighted by molar-refractivity contribution is 5.67. The molecular weight excluding hydrogens is 251 g/mol. The topological polar surface area (TPSA) is 12.0 Å². The zero-order valence-electron chi connectivity index (χ0n) is 10.5. The van der Waals surface area contributed by atoms with Crippen molar-refractivity contribution >= 4 is 0 Å². The quantitative estimate of drug-likeness (QED) is 0.884. The average Bonchev–Trinajstić information content (AvgIpc) is 2.36. The average molecular weight is 265 g/mol. The number of nitrogens with one attached hydrogen (secondary N) is 1. The molecule has 0 aliphatic carbocycles. The first kappa shape index (κ1) is 13.6. The van der Waals surface area contributed by atoms with E-state index < -0.39 is 17.5 Å². The Morgan fingerprint density at radius 2 is 1.58 bits per heavy atom. The Hall–Kier alpha value is -1.81. The summed E-state index contributed by atoms with van der Waals surface area (Å²) in [5, 5.41) is 3.11. The highest BCUT2D eigenvalue weighted by Gasteiger charge is 2.09. The van der Waals surface area contributed by atoms with Gasteiger partial charge in [0.05, 0.1) is 0 Å². The maximum Gasteiger partial charge on any atom is 0.126 e. The van der Waals surface area contributed by atoms with Crippen molar-refractivity contribution in [2.75, 3.05) is 6.54 Å². The van der Waals surface area contributed by atoms with Crippen LogP contribution in [0.25, 0.3) is 11.1 Å². The van der Waals surface area contributed by atoms with Gasteiger partial charge < -0.3 is 5.32 Å². The van der Waals surface area contributed by atoms with Crippen LogP contribution in [0.2, 0.25) is 0 Å². The van der Waals surface area contributed by atoms with Gasteiger partial charge >= 0.3 is 0 Å². The minimum Gasteiger partial charge on any atom is -0.313 e. The lowest BCUT2D eigenvalue weighted by Gasteiger charge is -2.11. The van der Waals surface area contributed by atoms with E-state index in [0.717, 1.165) is 18.2 Å². The Morgan fingerprint density at radius 3 is 2.21 bits per heavy atom. The number of hydrogen-bond donors (Lipinski definition) is 1. The van der Waals surface area contributed by atoms with Crippen molar-refractivity contribution in [3.8, 4) is 11.1 Å². The van der Waals surface area contributed by atoms with E-state index in [1.807, 2.05) is 6.92 Å². The van der Waals surface area contributed by atoms with Crippen LogP contribution in [-0.4, -0.2) is 6.54 Å². The van der Waals surface area contributed by atoms with E-state index >= 15 is 0 Å². The maximum atomic E-state index is 13.3. The van der Waals surface area contributed by atoms with Crippen molar-refractivity contribution in [2.24, 2.45) is 0 Å². The van der Waals surface area contributed by atoms with Crippen molar-refractivity contribution < 1.29 is 13.2 Å². The van der Waals surface area contributed by atoms with E-state index in [-0.39, 0.29) is 0 Å². The molecule has 0 atom stereocenters. The summed E-state index contributed by atoms with van der Waals surface area (Å²) >= 11 is 0.